The Bertz CT molecular complexity index is 664. The molecule has 2 aromatic rings. The van der Waals surface area contributed by atoms with Gasteiger partial charge in [0.15, 0.2) is 0 Å². The van der Waals surface area contributed by atoms with Crippen LogP contribution in [0.3, 0.4) is 0 Å². The Morgan fingerprint density at radius 3 is 2.50 bits per heavy atom. The molecule has 140 valence electrons. The van der Waals surface area contributed by atoms with E-state index < -0.39 is 0 Å². The lowest BCUT2D eigenvalue weighted by Crippen LogP contribution is -2.42. The molecule has 26 heavy (non-hydrogen) atoms. The van der Waals surface area contributed by atoms with Crippen LogP contribution in [0.4, 0.5) is 5.69 Å². The SMILES string of the molecule is COc1cccc(-c2ccc(N3CCC(NCCCCO)CC3)cc2)c1. The van der Waals surface area contributed by atoms with Gasteiger partial charge in [-0.25, -0.2) is 0 Å². The van der Waals surface area contributed by atoms with E-state index >= 15 is 0 Å². The number of aliphatic hydroxyl groups is 1. The zero-order chi connectivity index (χ0) is 18.2. The van der Waals surface area contributed by atoms with Crippen molar-refractivity contribution in [2.45, 2.75) is 31.7 Å². The Kier molecular flexibility index (Phi) is 6.92. The number of anilines is 1. The van der Waals surface area contributed by atoms with E-state index in [1.807, 2.05) is 12.1 Å². The van der Waals surface area contributed by atoms with E-state index in [-0.39, 0.29) is 0 Å². The Labute approximate surface area is 156 Å². The summed E-state index contributed by atoms with van der Waals surface area (Å²) in [6.45, 7) is 3.50. The molecule has 2 aromatic carbocycles. The van der Waals surface area contributed by atoms with Crippen molar-refractivity contribution in [2.24, 2.45) is 0 Å². The normalized spacial score (nSPS) is 15.2. The molecule has 0 atom stereocenters. The number of piperidine rings is 1. The summed E-state index contributed by atoms with van der Waals surface area (Å²) in [6.07, 6.45) is 4.31. The number of methoxy groups -OCH3 is 1. The second-order valence-electron chi connectivity index (χ2n) is 6.92. The minimum Gasteiger partial charge on any atom is -0.497 e. The van der Waals surface area contributed by atoms with Crippen LogP contribution >= 0.6 is 0 Å². The lowest BCUT2D eigenvalue weighted by Gasteiger charge is -2.34. The highest BCUT2D eigenvalue weighted by Crippen LogP contribution is 2.27. The van der Waals surface area contributed by atoms with Crippen molar-refractivity contribution in [2.75, 3.05) is 38.3 Å². The van der Waals surface area contributed by atoms with Crippen molar-refractivity contribution in [3.63, 3.8) is 0 Å². The molecule has 0 amide bonds. The number of hydrogen-bond donors (Lipinski definition) is 2. The molecule has 1 saturated heterocycles. The zero-order valence-electron chi connectivity index (χ0n) is 15.7. The summed E-state index contributed by atoms with van der Waals surface area (Å²) >= 11 is 0. The number of rotatable bonds is 8. The van der Waals surface area contributed by atoms with Gasteiger partial charge >= 0.3 is 0 Å². The van der Waals surface area contributed by atoms with Crippen LogP contribution in [0.5, 0.6) is 5.75 Å². The summed E-state index contributed by atoms with van der Waals surface area (Å²) in [5, 5.41) is 12.5. The third-order valence-corrected chi connectivity index (χ3v) is 5.15. The fourth-order valence-electron chi connectivity index (χ4n) is 3.55. The van der Waals surface area contributed by atoms with E-state index in [2.05, 4.69) is 46.6 Å². The van der Waals surface area contributed by atoms with Crippen LogP contribution in [0.25, 0.3) is 11.1 Å². The summed E-state index contributed by atoms with van der Waals surface area (Å²) in [4.78, 5) is 2.47. The van der Waals surface area contributed by atoms with E-state index in [4.69, 9.17) is 9.84 Å². The molecule has 4 heteroatoms. The number of unbranched alkanes of at least 4 members (excludes halogenated alkanes) is 1. The molecule has 1 aliphatic heterocycles. The standard InChI is InChI=1S/C22H30N2O2/c1-26-22-6-4-5-19(17-22)18-7-9-21(10-8-18)24-14-11-20(12-15-24)23-13-2-3-16-25/h4-10,17,20,23,25H,2-3,11-16H2,1H3. The zero-order valence-corrected chi connectivity index (χ0v) is 15.7. The summed E-state index contributed by atoms with van der Waals surface area (Å²) in [7, 11) is 1.70. The van der Waals surface area contributed by atoms with Gasteiger partial charge in [0.05, 0.1) is 7.11 Å². The van der Waals surface area contributed by atoms with Crippen LogP contribution in [0.1, 0.15) is 25.7 Å². The number of aliphatic hydroxyl groups excluding tert-OH is 1. The number of hydrogen-bond acceptors (Lipinski definition) is 4. The minimum atomic E-state index is 0.298. The van der Waals surface area contributed by atoms with Crippen LogP contribution in [0.15, 0.2) is 48.5 Å². The smallest absolute Gasteiger partial charge is 0.119 e. The first-order chi connectivity index (χ1) is 12.8. The number of ether oxygens (including phenoxy) is 1. The topological polar surface area (TPSA) is 44.7 Å². The maximum atomic E-state index is 8.84. The van der Waals surface area contributed by atoms with E-state index in [1.165, 1.54) is 29.7 Å². The summed E-state index contributed by atoms with van der Waals surface area (Å²) in [6, 6.07) is 17.6. The van der Waals surface area contributed by atoms with Crippen LogP contribution in [-0.4, -0.2) is 44.5 Å². The molecule has 0 aliphatic carbocycles. The van der Waals surface area contributed by atoms with Gasteiger partial charge in [-0.15, -0.1) is 0 Å². The first-order valence-corrected chi connectivity index (χ1v) is 9.64. The molecule has 0 bridgehead atoms. The van der Waals surface area contributed by atoms with Crippen molar-refractivity contribution >= 4 is 5.69 Å². The number of benzene rings is 2. The lowest BCUT2D eigenvalue weighted by molar-refractivity contribution is 0.281. The van der Waals surface area contributed by atoms with E-state index in [1.54, 1.807) is 7.11 Å². The average Bonchev–Trinajstić information content (AvgIpc) is 2.72. The van der Waals surface area contributed by atoms with Crippen molar-refractivity contribution in [1.82, 2.24) is 5.32 Å². The minimum absolute atomic E-state index is 0.298. The van der Waals surface area contributed by atoms with Gasteiger partial charge in [-0.05, 0) is 67.6 Å². The first kappa shape index (κ1) is 18.7. The molecule has 0 unspecified atom stereocenters. The Hall–Kier alpha value is -2.04. The highest BCUT2D eigenvalue weighted by Gasteiger charge is 2.18. The molecule has 0 saturated carbocycles. The van der Waals surface area contributed by atoms with Crippen LogP contribution in [-0.2, 0) is 0 Å². The maximum absolute atomic E-state index is 8.84. The third kappa shape index (κ3) is 4.99. The Morgan fingerprint density at radius 2 is 1.81 bits per heavy atom. The van der Waals surface area contributed by atoms with Crippen molar-refractivity contribution in [1.29, 1.82) is 0 Å². The first-order valence-electron chi connectivity index (χ1n) is 9.64. The third-order valence-electron chi connectivity index (χ3n) is 5.15. The van der Waals surface area contributed by atoms with Crippen molar-refractivity contribution < 1.29 is 9.84 Å². The van der Waals surface area contributed by atoms with Gasteiger partial charge in [0.2, 0.25) is 0 Å². The van der Waals surface area contributed by atoms with Crippen molar-refractivity contribution in [3.8, 4) is 16.9 Å². The maximum Gasteiger partial charge on any atom is 0.119 e. The highest BCUT2D eigenvalue weighted by molar-refractivity contribution is 5.67. The predicted octanol–water partition coefficient (Wildman–Crippen LogP) is 3.69. The molecule has 0 radical (unpaired) electrons. The van der Waals surface area contributed by atoms with Gasteiger partial charge in [-0.1, -0.05) is 24.3 Å². The molecule has 4 nitrogen and oxygen atoms in total. The van der Waals surface area contributed by atoms with Gasteiger partial charge in [-0.2, -0.15) is 0 Å². The second-order valence-corrected chi connectivity index (χ2v) is 6.92. The molecule has 3 rings (SSSR count). The molecule has 2 N–H and O–H groups in total. The summed E-state index contributed by atoms with van der Waals surface area (Å²) < 4.78 is 5.32. The summed E-state index contributed by atoms with van der Waals surface area (Å²) in [5.41, 5.74) is 3.70. The van der Waals surface area contributed by atoms with Crippen LogP contribution in [0, 0.1) is 0 Å². The van der Waals surface area contributed by atoms with Crippen LogP contribution in [0.2, 0.25) is 0 Å². The quantitative estimate of drug-likeness (QED) is 0.710. The molecule has 1 aliphatic rings. The second kappa shape index (κ2) is 9.60. The molecular formula is C22H30N2O2. The Balaban J connectivity index is 1.53. The molecular weight excluding hydrogens is 324 g/mol. The largest absolute Gasteiger partial charge is 0.497 e. The fraction of sp³-hybridized carbons (Fsp3) is 0.455. The molecule has 0 aromatic heterocycles. The van der Waals surface area contributed by atoms with Gasteiger partial charge < -0.3 is 20.1 Å². The lowest BCUT2D eigenvalue weighted by atomic mass is 10.0. The summed E-state index contributed by atoms with van der Waals surface area (Å²) in [5.74, 6) is 0.889. The van der Waals surface area contributed by atoms with E-state index in [0.717, 1.165) is 38.2 Å². The molecule has 1 heterocycles. The fourth-order valence-corrected chi connectivity index (χ4v) is 3.55. The number of nitrogens with one attached hydrogen (secondary N) is 1. The van der Waals surface area contributed by atoms with E-state index in [9.17, 15) is 0 Å². The Morgan fingerprint density at radius 1 is 1.04 bits per heavy atom. The monoisotopic (exact) mass is 354 g/mol. The van der Waals surface area contributed by atoms with Gasteiger partial charge in [0.1, 0.15) is 5.75 Å². The predicted molar refractivity (Wildman–Crippen MR) is 108 cm³/mol. The highest BCUT2D eigenvalue weighted by atomic mass is 16.5. The van der Waals surface area contributed by atoms with Gasteiger partial charge in [0, 0.05) is 31.4 Å². The van der Waals surface area contributed by atoms with Gasteiger partial charge in [0.25, 0.3) is 0 Å². The van der Waals surface area contributed by atoms with Gasteiger partial charge in [-0.3, -0.25) is 0 Å². The van der Waals surface area contributed by atoms with Crippen molar-refractivity contribution in [3.05, 3.63) is 48.5 Å². The van der Waals surface area contributed by atoms with E-state index in [0.29, 0.717) is 12.6 Å². The average molecular weight is 354 g/mol. The molecule has 0 spiro atoms. The molecule has 1 fully saturated rings. The van der Waals surface area contributed by atoms with Crippen LogP contribution < -0.4 is 15.0 Å². The number of nitrogens with zero attached hydrogens (tertiary/aromatic N) is 1.